The topological polar surface area (TPSA) is 46.2 Å². The Kier molecular flexibility index (Phi) is 3.46. The van der Waals surface area contributed by atoms with Gasteiger partial charge in [-0.05, 0) is 12.3 Å². The Bertz CT molecular complexity index is 201. The largest absolute Gasteiger partial charge is 0.356 e. The molecule has 1 aliphatic heterocycles. The first-order valence-electron chi connectivity index (χ1n) is 4.89. The Labute approximate surface area is 78.9 Å². The molecule has 1 aliphatic rings. The van der Waals surface area contributed by atoms with Gasteiger partial charge in [-0.25, -0.2) is 0 Å². The molecular formula is C10H17NO2. The second-order valence-corrected chi connectivity index (χ2v) is 4.03. The zero-order valence-electron chi connectivity index (χ0n) is 8.30. The smallest absolute Gasteiger partial charge is 0.220 e. The number of carbonyl (C=O) groups excluding carboxylic acids is 2. The van der Waals surface area contributed by atoms with E-state index in [4.69, 9.17) is 0 Å². The van der Waals surface area contributed by atoms with Crippen molar-refractivity contribution in [1.29, 1.82) is 0 Å². The second kappa shape index (κ2) is 4.40. The summed E-state index contributed by atoms with van der Waals surface area (Å²) in [7, 11) is 0. The summed E-state index contributed by atoms with van der Waals surface area (Å²) in [5.41, 5.74) is 0. The Balaban J connectivity index is 2.30. The van der Waals surface area contributed by atoms with Crippen LogP contribution in [0.1, 0.15) is 33.1 Å². The first kappa shape index (κ1) is 10.2. The van der Waals surface area contributed by atoms with Gasteiger partial charge < -0.3 is 5.32 Å². The van der Waals surface area contributed by atoms with Gasteiger partial charge in [-0.3, -0.25) is 9.59 Å². The van der Waals surface area contributed by atoms with Crippen molar-refractivity contribution in [2.75, 3.05) is 6.54 Å². The number of ketones is 1. The third-order valence-electron chi connectivity index (χ3n) is 2.50. The summed E-state index contributed by atoms with van der Waals surface area (Å²) in [6, 6.07) is 0. The third kappa shape index (κ3) is 3.17. The van der Waals surface area contributed by atoms with Crippen LogP contribution < -0.4 is 5.32 Å². The fourth-order valence-corrected chi connectivity index (χ4v) is 1.48. The first-order valence-corrected chi connectivity index (χ1v) is 4.89. The fraction of sp³-hybridized carbons (Fsp3) is 0.800. The lowest BCUT2D eigenvalue weighted by atomic mass is 9.90. The van der Waals surface area contributed by atoms with E-state index in [1.165, 1.54) is 0 Å². The molecule has 3 heteroatoms. The summed E-state index contributed by atoms with van der Waals surface area (Å²) in [4.78, 5) is 22.2. The van der Waals surface area contributed by atoms with Gasteiger partial charge >= 0.3 is 0 Å². The lowest BCUT2D eigenvalue weighted by Crippen LogP contribution is -2.36. The number of carbonyl (C=O) groups is 2. The van der Waals surface area contributed by atoms with Gasteiger partial charge in [-0.2, -0.15) is 0 Å². The molecule has 0 saturated carbocycles. The highest BCUT2D eigenvalue weighted by Gasteiger charge is 2.21. The minimum absolute atomic E-state index is 0.119. The zero-order valence-corrected chi connectivity index (χ0v) is 8.30. The monoisotopic (exact) mass is 183 g/mol. The van der Waals surface area contributed by atoms with Crippen molar-refractivity contribution in [3.8, 4) is 0 Å². The summed E-state index contributed by atoms with van der Waals surface area (Å²) in [5, 5.41) is 2.79. The van der Waals surface area contributed by atoms with Crippen LogP contribution in [0.15, 0.2) is 0 Å². The number of nitrogens with one attached hydrogen (secondary N) is 1. The van der Waals surface area contributed by atoms with Gasteiger partial charge in [-0.15, -0.1) is 0 Å². The fourth-order valence-electron chi connectivity index (χ4n) is 1.48. The van der Waals surface area contributed by atoms with Crippen molar-refractivity contribution < 1.29 is 9.59 Å². The van der Waals surface area contributed by atoms with Crippen molar-refractivity contribution in [1.82, 2.24) is 5.32 Å². The average Bonchev–Trinajstić information content (AvgIpc) is 2.08. The minimum atomic E-state index is 0.119. The molecule has 0 radical (unpaired) electrons. The highest BCUT2D eigenvalue weighted by molar-refractivity contribution is 5.81. The lowest BCUT2D eigenvalue weighted by Gasteiger charge is -2.22. The highest BCUT2D eigenvalue weighted by atomic mass is 16.1. The normalized spacial score (nSPS) is 23.0. The van der Waals surface area contributed by atoms with E-state index in [1.54, 1.807) is 0 Å². The van der Waals surface area contributed by atoms with Crippen LogP contribution in [0.5, 0.6) is 0 Å². The molecule has 1 rings (SSSR count). The van der Waals surface area contributed by atoms with Crippen molar-refractivity contribution in [3.63, 3.8) is 0 Å². The quantitative estimate of drug-likeness (QED) is 0.713. The predicted molar refractivity (Wildman–Crippen MR) is 50.2 cm³/mol. The van der Waals surface area contributed by atoms with Gasteiger partial charge in [0.2, 0.25) is 5.91 Å². The summed E-state index contributed by atoms with van der Waals surface area (Å²) in [6.07, 6.45) is 2.07. The molecule has 13 heavy (non-hydrogen) atoms. The molecular weight excluding hydrogens is 166 g/mol. The van der Waals surface area contributed by atoms with Crippen LogP contribution >= 0.6 is 0 Å². The number of hydrogen-bond acceptors (Lipinski definition) is 2. The molecule has 1 atom stereocenters. The van der Waals surface area contributed by atoms with Crippen molar-refractivity contribution >= 4 is 11.7 Å². The molecule has 1 N–H and O–H groups in total. The first-order chi connectivity index (χ1) is 6.09. The van der Waals surface area contributed by atoms with Gasteiger partial charge in [0.25, 0.3) is 0 Å². The van der Waals surface area contributed by atoms with Crippen molar-refractivity contribution in [3.05, 3.63) is 0 Å². The third-order valence-corrected chi connectivity index (χ3v) is 2.50. The maximum absolute atomic E-state index is 11.4. The Morgan fingerprint density at radius 2 is 2.31 bits per heavy atom. The molecule has 0 aliphatic carbocycles. The van der Waals surface area contributed by atoms with Crippen LogP contribution in [-0.2, 0) is 9.59 Å². The molecule has 1 amide bonds. The summed E-state index contributed by atoms with van der Waals surface area (Å²) < 4.78 is 0. The molecule has 1 heterocycles. The maximum atomic E-state index is 11.4. The van der Waals surface area contributed by atoms with E-state index in [0.717, 1.165) is 6.42 Å². The molecule has 0 spiro atoms. The SMILES string of the molecule is CC(C)C(=O)CC1CCC(=O)NC1. The van der Waals surface area contributed by atoms with E-state index in [2.05, 4.69) is 5.32 Å². The standard InChI is InChI=1S/C10H17NO2/c1-7(2)9(12)5-8-3-4-10(13)11-6-8/h7-8H,3-6H2,1-2H3,(H,11,13). The molecule has 0 aromatic rings. The number of piperidine rings is 1. The second-order valence-electron chi connectivity index (χ2n) is 4.03. The Hall–Kier alpha value is -0.860. The average molecular weight is 183 g/mol. The molecule has 0 aromatic heterocycles. The number of amides is 1. The molecule has 1 saturated heterocycles. The predicted octanol–water partition coefficient (Wildman–Crippen LogP) is 1.13. The lowest BCUT2D eigenvalue weighted by molar-refractivity contribution is -0.126. The van der Waals surface area contributed by atoms with E-state index >= 15 is 0 Å². The molecule has 1 unspecified atom stereocenters. The van der Waals surface area contributed by atoms with E-state index in [1.807, 2.05) is 13.8 Å². The van der Waals surface area contributed by atoms with Crippen LogP contribution in [0.2, 0.25) is 0 Å². The highest BCUT2D eigenvalue weighted by Crippen LogP contribution is 2.16. The molecule has 1 fully saturated rings. The van der Waals surface area contributed by atoms with Gasteiger partial charge in [0.05, 0.1) is 0 Å². The Morgan fingerprint density at radius 1 is 1.62 bits per heavy atom. The molecule has 0 bridgehead atoms. The summed E-state index contributed by atoms with van der Waals surface area (Å²) in [5.74, 6) is 0.916. The van der Waals surface area contributed by atoms with E-state index < -0.39 is 0 Å². The summed E-state index contributed by atoms with van der Waals surface area (Å²) in [6.45, 7) is 4.52. The van der Waals surface area contributed by atoms with Crippen LogP contribution in [0.4, 0.5) is 0 Å². The van der Waals surface area contributed by atoms with Crippen molar-refractivity contribution in [2.45, 2.75) is 33.1 Å². The Morgan fingerprint density at radius 3 is 2.77 bits per heavy atom. The minimum Gasteiger partial charge on any atom is -0.356 e. The summed E-state index contributed by atoms with van der Waals surface area (Å²) >= 11 is 0. The van der Waals surface area contributed by atoms with Crippen LogP contribution in [0.3, 0.4) is 0 Å². The van der Waals surface area contributed by atoms with Crippen LogP contribution in [0.25, 0.3) is 0 Å². The molecule has 74 valence electrons. The number of rotatable bonds is 3. The van der Waals surface area contributed by atoms with Crippen LogP contribution in [-0.4, -0.2) is 18.2 Å². The molecule has 0 aromatic carbocycles. The molecule has 3 nitrogen and oxygen atoms in total. The number of Topliss-reactive ketones (excluding diaryl/α,β-unsaturated/α-hetero) is 1. The van der Waals surface area contributed by atoms with Gasteiger partial charge in [0.1, 0.15) is 5.78 Å². The zero-order chi connectivity index (χ0) is 9.84. The maximum Gasteiger partial charge on any atom is 0.220 e. The van der Waals surface area contributed by atoms with Gasteiger partial charge in [-0.1, -0.05) is 13.8 Å². The van der Waals surface area contributed by atoms with Crippen LogP contribution in [0, 0.1) is 11.8 Å². The van der Waals surface area contributed by atoms with Gasteiger partial charge in [0.15, 0.2) is 0 Å². The van der Waals surface area contributed by atoms with Gasteiger partial charge in [0, 0.05) is 25.3 Å². The van der Waals surface area contributed by atoms with E-state index in [-0.39, 0.29) is 11.8 Å². The number of hydrogen-bond donors (Lipinski definition) is 1. The van der Waals surface area contributed by atoms with E-state index in [0.29, 0.717) is 31.1 Å². The van der Waals surface area contributed by atoms with E-state index in [9.17, 15) is 9.59 Å². The van der Waals surface area contributed by atoms with Crippen molar-refractivity contribution in [2.24, 2.45) is 11.8 Å².